The normalized spacial score (nSPS) is 23.5. The maximum absolute atomic E-state index is 12.5. The lowest BCUT2D eigenvalue weighted by Gasteiger charge is -2.35. The number of hydrogen-bond acceptors (Lipinski definition) is 6. The van der Waals surface area contributed by atoms with E-state index in [1.807, 2.05) is 13.8 Å². The molecule has 2 aliphatic rings. The Morgan fingerprint density at radius 2 is 2.16 bits per heavy atom. The van der Waals surface area contributed by atoms with Crippen molar-refractivity contribution in [1.29, 1.82) is 0 Å². The maximum atomic E-state index is 12.5. The predicted octanol–water partition coefficient (Wildman–Crippen LogP) is 1.22. The molecule has 25 heavy (non-hydrogen) atoms. The van der Waals surface area contributed by atoms with Crippen molar-refractivity contribution in [2.24, 2.45) is 0 Å². The van der Waals surface area contributed by atoms with E-state index in [1.54, 1.807) is 11.3 Å². The fourth-order valence-corrected chi connectivity index (χ4v) is 4.40. The summed E-state index contributed by atoms with van der Waals surface area (Å²) in [6, 6.07) is 4.05. The molecule has 1 fully saturated rings. The molecule has 1 saturated heterocycles. The molecule has 0 aliphatic carbocycles. The van der Waals surface area contributed by atoms with Gasteiger partial charge in [-0.25, -0.2) is 4.68 Å². The van der Waals surface area contributed by atoms with E-state index in [0.29, 0.717) is 12.4 Å². The fourth-order valence-electron chi connectivity index (χ4n) is 3.66. The molecule has 1 spiro atoms. The zero-order valence-electron chi connectivity index (χ0n) is 14.5. The average Bonchev–Trinajstić information content (AvgIpc) is 3.22. The third-order valence-corrected chi connectivity index (χ3v) is 5.83. The Morgan fingerprint density at radius 1 is 1.32 bits per heavy atom. The number of likely N-dealkylation sites (tertiary alicyclic amines) is 1. The molecule has 4 heterocycles. The minimum atomic E-state index is -0.552. The lowest BCUT2D eigenvalue weighted by Crippen LogP contribution is -2.53. The summed E-state index contributed by atoms with van der Waals surface area (Å²) in [4.78, 5) is 28.5. The largest absolute Gasteiger partial charge is 0.364 e. The highest BCUT2D eigenvalue weighted by Crippen LogP contribution is 2.32. The van der Waals surface area contributed by atoms with Crippen LogP contribution in [0.2, 0.25) is 0 Å². The van der Waals surface area contributed by atoms with Crippen LogP contribution >= 0.6 is 11.3 Å². The number of nitrogens with zero attached hydrogens (tertiary/aromatic N) is 4. The maximum Gasteiger partial charge on any atom is 0.332 e. The van der Waals surface area contributed by atoms with Crippen LogP contribution in [0.3, 0.4) is 0 Å². The molecule has 2 aliphatic heterocycles. The van der Waals surface area contributed by atoms with Crippen molar-refractivity contribution in [3.05, 3.63) is 48.9 Å². The van der Waals surface area contributed by atoms with E-state index in [4.69, 9.17) is 4.74 Å². The van der Waals surface area contributed by atoms with E-state index in [2.05, 4.69) is 27.5 Å². The lowest BCUT2D eigenvalue weighted by atomic mass is 10.0. The molecule has 7 nitrogen and oxygen atoms in total. The van der Waals surface area contributed by atoms with Gasteiger partial charge in [0.2, 0.25) is 0 Å². The summed E-state index contributed by atoms with van der Waals surface area (Å²) in [6.07, 6.45) is 0.859. The molecule has 0 aromatic carbocycles. The number of fused-ring (bicyclic) bond motifs is 1. The highest BCUT2D eigenvalue weighted by molar-refractivity contribution is 7.09. The topological polar surface area (TPSA) is 69.4 Å². The Morgan fingerprint density at radius 3 is 2.88 bits per heavy atom. The first-order chi connectivity index (χ1) is 12.0. The molecule has 8 heteroatoms. The molecule has 1 atom stereocenters. The Kier molecular flexibility index (Phi) is 4.13. The summed E-state index contributed by atoms with van der Waals surface area (Å²) >= 11 is 1.75. The Bertz CT molecular complexity index is 886. The molecule has 4 rings (SSSR count). The van der Waals surface area contributed by atoms with Gasteiger partial charge in [0.25, 0.3) is 0 Å². The van der Waals surface area contributed by atoms with Crippen molar-refractivity contribution < 1.29 is 4.74 Å². The average molecular weight is 362 g/mol. The molecule has 2 aromatic heterocycles. The Labute approximate surface area is 149 Å². The van der Waals surface area contributed by atoms with Crippen LogP contribution in [0.1, 0.15) is 37.0 Å². The molecule has 0 bridgehead atoms. The second-order valence-electron chi connectivity index (χ2n) is 7.16. The number of hydrogen-bond donors (Lipinski definition) is 0. The zero-order valence-corrected chi connectivity index (χ0v) is 15.3. The molecule has 0 amide bonds. The van der Waals surface area contributed by atoms with Gasteiger partial charge in [-0.3, -0.25) is 19.1 Å². The van der Waals surface area contributed by atoms with Gasteiger partial charge in [-0.05, 0) is 31.7 Å². The summed E-state index contributed by atoms with van der Waals surface area (Å²) in [5.41, 5.74) is -1.44. The van der Waals surface area contributed by atoms with Crippen LogP contribution in [0.15, 0.2) is 27.1 Å². The van der Waals surface area contributed by atoms with Crippen molar-refractivity contribution in [3.63, 3.8) is 0 Å². The van der Waals surface area contributed by atoms with Crippen molar-refractivity contribution in [1.82, 2.24) is 19.2 Å². The molecule has 0 saturated carbocycles. The smallest absolute Gasteiger partial charge is 0.332 e. The number of thiophene rings is 1. The standard InChI is InChI=1S/C17H22N4O3S/c1-12(2)21-16(23)15(22)20-11-17(24-9-14(20)18-21)5-6-19(10-17)8-13-4-3-7-25-13/h3-4,7,12H,5-6,8-11H2,1-2H3. The van der Waals surface area contributed by atoms with Crippen LogP contribution in [-0.4, -0.2) is 37.9 Å². The first-order valence-corrected chi connectivity index (χ1v) is 9.47. The fraction of sp³-hybridized carbons (Fsp3) is 0.588. The van der Waals surface area contributed by atoms with Crippen LogP contribution in [-0.2, 0) is 24.4 Å². The number of ether oxygens (including phenoxy) is 1. The minimum absolute atomic E-state index is 0.144. The third-order valence-electron chi connectivity index (χ3n) is 4.97. The van der Waals surface area contributed by atoms with E-state index in [0.717, 1.165) is 26.1 Å². The second-order valence-corrected chi connectivity index (χ2v) is 8.19. The monoisotopic (exact) mass is 362 g/mol. The van der Waals surface area contributed by atoms with Crippen molar-refractivity contribution in [2.45, 2.75) is 51.6 Å². The van der Waals surface area contributed by atoms with Gasteiger partial charge in [-0.2, -0.15) is 5.10 Å². The summed E-state index contributed by atoms with van der Waals surface area (Å²) in [5.74, 6) is 0.542. The van der Waals surface area contributed by atoms with Crippen molar-refractivity contribution in [2.75, 3.05) is 13.1 Å². The van der Waals surface area contributed by atoms with Gasteiger partial charge in [0.05, 0.1) is 12.6 Å². The van der Waals surface area contributed by atoms with Gasteiger partial charge in [-0.15, -0.1) is 11.3 Å². The van der Waals surface area contributed by atoms with Crippen LogP contribution in [0.25, 0.3) is 0 Å². The minimum Gasteiger partial charge on any atom is -0.364 e. The summed E-state index contributed by atoms with van der Waals surface area (Å²) in [5, 5.41) is 6.42. The van der Waals surface area contributed by atoms with E-state index >= 15 is 0 Å². The van der Waals surface area contributed by atoms with Crippen LogP contribution < -0.4 is 11.1 Å². The quantitative estimate of drug-likeness (QED) is 0.768. The van der Waals surface area contributed by atoms with Crippen LogP contribution in [0, 0.1) is 0 Å². The van der Waals surface area contributed by atoms with E-state index in [9.17, 15) is 9.59 Å². The SMILES string of the molecule is CC(C)n1nc2n(c(=O)c1=O)CC1(CCN(Cc3cccs3)C1)OC2. The molecule has 1 unspecified atom stereocenters. The van der Waals surface area contributed by atoms with Gasteiger partial charge in [0.15, 0.2) is 5.82 Å². The van der Waals surface area contributed by atoms with Crippen molar-refractivity contribution >= 4 is 11.3 Å². The summed E-state index contributed by atoms with van der Waals surface area (Å²) in [7, 11) is 0. The predicted molar refractivity (Wildman–Crippen MR) is 94.9 cm³/mol. The molecular weight excluding hydrogens is 340 g/mol. The highest BCUT2D eigenvalue weighted by Gasteiger charge is 2.43. The lowest BCUT2D eigenvalue weighted by molar-refractivity contribution is -0.0859. The molecule has 134 valence electrons. The van der Waals surface area contributed by atoms with Crippen LogP contribution in [0.5, 0.6) is 0 Å². The Balaban J connectivity index is 1.58. The summed E-state index contributed by atoms with van der Waals surface area (Å²) < 4.78 is 8.94. The highest BCUT2D eigenvalue weighted by atomic mass is 32.1. The zero-order chi connectivity index (χ0) is 17.6. The van der Waals surface area contributed by atoms with E-state index < -0.39 is 16.7 Å². The van der Waals surface area contributed by atoms with Gasteiger partial charge in [0, 0.05) is 24.5 Å². The molecule has 0 N–H and O–H groups in total. The van der Waals surface area contributed by atoms with Gasteiger partial charge in [0.1, 0.15) is 12.2 Å². The van der Waals surface area contributed by atoms with Gasteiger partial charge in [-0.1, -0.05) is 6.07 Å². The summed E-state index contributed by atoms with van der Waals surface area (Å²) in [6.45, 7) is 6.96. The van der Waals surface area contributed by atoms with Crippen molar-refractivity contribution in [3.8, 4) is 0 Å². The third kappa shape index (κ3) is 2.98. The van der Waals surface area contributed by atoms with Crippen LogP contribution in [0.4, 0.5) is 0 Å². The number of rotatable bonds is 3. The first kappa shape index (κ1) is 16.7. The first-order valence-electron chi connectivity index (χ1n) is 8.59. The second kappa shape index (κ2) is 6.19. The van der Waals surface area contributed by atoms with Gasteiger partial charge >= 0.3 is 11.1 Å². The van der Waals surface area contributed by atoms with E-state index in [1.165, 1.54) is 14.1 Å². The molecular formula is C17H22N4O3S. The number of aromatic nitrogens is 3. The molecule has 0 radical (unpaired) electrons. The molecule has 2 aromatic rings. The Hall–Kier alpha value is -1.77. The van der Waals surface area contributed by atoms with E-state index in [-0.39, 0.29) is 12.6 Å². The van der Waals surface area contributed by atoms with Gasteiger partial charge < -0.3 is 4.74 Å².